The topological polar surface area (TPSA) is 29.1 Å². The Morgan fingerprint density at radius 1 is 1.25 bits per heavy atom. The molecule has 3 unspecified atom stereocenters. The molecule has 0 aromatic carbocycles. The first-order chi connectivity index (χ1) is 11.2. The van der Waals surface area contributed by atoms with Crippen LogP contribution in [0.25, 0.3) is 0 Å². The largest absolute Gasteiger partial charge is 0.316 e. The molecule has 1 aliphatic carbocycles. The van der Waals surface area contributed by atoms with E-state index in [1.807, 2.05) is 0 Å². The summed E-state index contributed by atoms with van der Waals surface area (Å²) in [5.74, 6) is 2.26. The van der Waals surface area contributed by atoms with Crippen LogP contribution in [0.4, 0.5) is 0 Å². The Morgan fingerprint density at radius 3 is 2.38 bits per heavy atom. The van der Waals surface area contributed by atoms with Gasteiger partial charge in [-0.15, -0.1) is 0 Å². The zero-order valence-electron chi connectivity index (χ0n) is 16.5. The van der Waals surface area contributed by atoms with Gasteiger partial charge in [0.15, 0.2) is 0 Å². The monoisotopic (exact) mass is 353 g/mol. The predicted octanol–water partition coefficient (Wildman–Crippen LogP) is 4.95. The summed E-state index contributed by atoms with van der Waals surface area (Å²) in [6, 6.07) is 0. The zero-order valence-corrected chi connectivity index (χ0v) is 17.3. The molecule has 1 amide bonds. The van der Waals surface area contributed by atoms with Gasteiger partial charge in [-0.25, -0.2) is 0 Å². The van der Waals surface area contributed by atoms with Gasteiger partial charge in [0.1, 0.15) is 23.5 Å². The molecule has 2 aliphatic rings. The molecule has 0 spiro atoms. The molecule has 0 aromatic heterocycles. The third-order valence-corrected chi connectivity index (χ3v) is 6.91. The van der Waals surface area contributed by atoms with Gasteiger partial charge in [0, 0.05) is 11.5 Å². The van der Waals surface area contributed by atoms with Crippen LogP contribution in [0.1, 0.15) is 66.7 Å². The van der Waals surface area contributed by atoms with Gasteiger partial charge in [-0.2, -0.15) is 0 Å². The molecule has 1 heterocycles. The molecule has 2 rings (SSSR count). The number of rotatable bonds is 4. The third-order valence-electron chi connectivity index (χ3n) is 5.67. The average molecular weight is 354 g/mol. The van der Waals surface area contributed by atoms with Crippen LogP contribution in [0, 0.1) is 23.2 Å². The van der Waals surface area contributed by atoms with Gasteiger partial charge in [-0.1, -0.05) is 34.6 Å². The van der Waals surface area contributed by atoms with E-state index in [0.717, 1.165) is 40.8 Å². The summed E-state index contributed by atoms with van der Waals surface area (Å²) in [6.45, 7) is 13.6. The van der Waals surface area contributed by atoms with Crippen molar-refractivity contribution in [1.82, 2.24) is 5.32 Å². The molecule has 1 aliphatic heterocycles. The van der Waals surface area contributed by atoms with Crippen molar-refractivity contribution in [2.24, 2.45) is 23.2 Å². The lowest BCUT2D eigenvalue weighted by atomic mass is 9.68. The van der Waals surface area contributed by atoms with Gasteiger partial charge in [0.25, 0.3) is 0 Å². The van der Waals surface area contributed by atoms with Crippen LogP contribution in [0.15, 0.2) is 11.1 Å². The maximum Gasteiger partial charge on any atom is 0.230 e. The van der Waals surface area contributed by atoms with Crippen LogP contribution < -0.4 is 5.32 Å². The summed E-state index contributed by atoms with van der Waals surface area (Å²) in [6.07, 6.45) is 7.88. The Morgan fingerprint density at radius 2 is 1.83 bits per heavy atom. The summed E-state index contributed by atoms with van der Waals surface area (Å²) < 4.78 is 0.952. The van der Waals surface area contributed by atoms with E-state index in [4.69, 9.17) is 0 Å². The fourth-order valence-electron chi connectivity index (χ4n) is 4.98. The predicted molar refractivity (Wildman–Crippen MR) is 104 cm³/mol. The number of carbonyl (C=O) groups excluding carboxylic acids is 1. The van der Waals surface area contributed by atoms with Crippen LogP contribution in [-0.2, 0) is 4.79 Å². The molecule has 24 heavy (non-hydrogen) atoms. The normalized spacial score (nSPS) is 40.6. The minimum absolute atomic E-state index is 0.236. The van der Waals surface area contributed by atoms with E-state index in [1.54, 1.807) is 11.9 Å². The Balaban J connectivity index is 2.02. The second-order valence-corrected chi connectivity index (χ2v) is 10.6. The number of nitrogens with zero attached hydrogens (tertiary/aromatic N) is 1. The lowest BCUT2D eigenvalue weighted by Gasteiger charge is -2.37. The first kappa shape index (κ1) is 19.8. The van der Waals surface area contributed by atoms with E-state index in [0.29, 0.717) is 11.8 Å². The quantitative estimate of drug-likeness (QED) is 0.572. The van der Waals surface area contributed by atoms with Crippen molar-refractivity contribution in [3.05, 3.63) is 11.1 Å². The Bertz CT molecular complexity index is 476. The first-order valence-corrected chi connectivity index (χ1v) is 10.5. The molecule has 3 atom stereocenters. The van der Waals surface area contributed by atoms with Crippen molar-refractivity contribution in [1.29, 1.82) is 0 Å². The summed E-state index contributed by atoms with van der Waals surface area (Å²) in [7, 11) is 2.26. The van der Waals surface area contributed by atoms with E-state index >= 15 is 0 Å². The Labute approximate surface area is 153 Å². The van der Waals surface area contributed by atoms with Gasteiger partial charge in [0.05, 0.1) is 13.6 Å². The van der Waals surface area contributed by atoms with Gasteiger partial charge < -0.3 is 5.32 Å². The molecule has 138 valence electrons. The second-order valence-electron chi connectivity index (χ2n) is 9.07. The van der Waals surface area contributed by atoms with Crippen molar-refractivity contribution < 1.29 is 8.68 Å². The van der Waals surface area contributed by atoms with E-state index in [2.05, 4.69) is 53.1 Å². The van der Waals surface area contributed by atoms with Gasteiger partial charge in [0.2, 0.25) is 5.91 Å². The summed E-state index contributed by atoms with van der Waals surface area (Å²) >= 11 is 1.81. The molecule has 1 saturated carbocycles. The van der Waals surface area contributed by atoms with Crippen LogP contribution in [-0.4, -0.2) is 29.9 Å². The number of carbonyl (C=O) groups is 1. The highest BCUT2D eigenvalue weighted by Crippen LogP contribution is 2.42. The summed E-state index contributed by atoms with van der Waals surface area (Å²) in [5, 5.41) is 4.34. The number of hydrogen-bond acceptors (Lipinski definition) is 2. The van der Waals surface area contributed by atoms with E-state index in [1.165, 1.54) is 19.3 Å². The van der Waals surface area contributed by atoms with Gasteiger partial charge in [-0.05, 0) is 49.9 Å². The standard InChI is InChI=1S/C20H36N2OS/c1-7-9-22(6)10-8-18(24-22)21-19(23)20(5)13-16(3)11-15(2)12-17(4)14-20/h8,15-17H,7,9-14H2,1-6H3/p+1. The number of likely N-dealkylation sites (N-methyl/N-ethyl adjacent to an activating group) is 1. The van der Waals surface area contributed by atoms with Crippen molar-refractivity contribution in [3.63, 3.8) is 0 Å². The number of amides is 1. The van der Waals surface area contributed by atoms with E-state index < -0.39 is 0 Å². The van der Waals surface area contributed by atoms with Gasteiger partial charge in [-0.3, -0.25) is 8.68 Å². The Kier molecular flexibility index (Phi) is 6.46. The highest BCUT2D eigenvalue weighted by atomic mass is 32.2. The first-order valence-electron chi connectivity index (χ1n) is 9.71. The van der Waals surface area contributed by atoms with Crippen molar-refractivity contribution in [2.45, 2.75) is 66.7 Å². The second kappa shape index (κ2) is 7.82. The minimum Gasteiger partial charge on any atom is -0.316 e. The highest BCUT2D eigenvalue weighted by Gasteiger charge is 2.40. The van der Waals surface area contributed by atoms with E-state index in [-0.39, 0.29) is 11.3 Å². The molecular formula is C20H37N2OS+. The fraction of sp³-hybridized carbons (Fsp3) is 0.850. The average Bonchev–Trinajstić information content (AvgIpc) is 2.77. The fourth-order valence-corrected chi connectivity index (χ4v) is 6.16. The molecule has 0 bridgehead atoms. The smallest absolute Gasteiger partial charge is 0.230 e. The number of quaternary nitrogens is 1. The van der Waals surface area contributed by atoms with Crippen LogP contribution in [0.5, 0.6) is 0 Å². The van der Waals surface area contributed by atoms with Crippen molar-refractivity contribution in [3.8, 4) is 0 Å². The summed E-state index contributed by atoms with van der Waals surface area (Å²) in [4.78, 5) is 13.1. The molecule has 3 nitrogen and oxygen atoms in total. The molecule has 0 aromatic rings. The zero-order chi connectivity index (χ0) is 18.0. The van der Waals surface area contributed by atoms with Crippen LogP contribution >= 0.6 is 11.9 Å². The lowest BCUT2D eigenvalue weighted by molar-refractivity contribution is -0.763. The molecule has 0 radical (unpaired) electrons. The van der Waals surface area contributed by atoms with Gasteiger partial charge >= 0.3 is 0 Å². The van der Waals surface area contributed by atoms with Crippen LogP contribution in [0.2, 0.25) is 0 Å². The minimum atomic E-state index is -0.239. The number of hydrogen-bond donors (Lipinski definition) is 1. The molecule has 1 fully saturated rings. The molecular weight excluding hydrogens is 316 g/mol. The molecule has 4 heteroatoms. The highest BCUT2D eigenvalue weighted by molar-refractivity contribution is 7.97. The van der Waals surface area contributed by atoms with Crippen LogP contribution in [0.3, 0.4) is 0 Å². The molecule has 1 N–H and O–H groups in total. The van der Waals surface area contributed by atoms with Crippen molar-refractivity contribution >= 4 is 17.9 Å². The maximum absolute atomic E-state index is 13.1. The van der Waals surface area contributed by atoms with Crippen molar-refractivity contribution in [2.75, 3.05) is 20.1 Å². The maximum atomic E-state index is 13.1. The summed E-state index contributed by atoms with van der Waals surface area (Å²) in [5.41, 5.74) is -0.239. The third kappa shape index (κ3) is 5.01. The SMILES string of the molecule is CCC[N+]1(C)CC=C(NC(=O)C2(C)CC(C)CC(C)CC(C)C2)S1. The number of nitrogens with one attached hydrogen (secondary N) is 1. The molecule has 0 saturated heterocycles. The Hall–Kier alpha value is -0.480. The van der Waals surface area contributed by atoms with E-state index in [9.17, 15) is 4.79 Å². The lowest BCUT2D eigenvalue weighted by Crippen LogP contribution is -2.42.